The van der Waals surface area contributed by atoms with E-state index in [0.717, 1.165) is 10.4 Å². The molecule has 0 saturated carbocycles. The average Bonchev–Trinajstić information content (AvgIpc) is 3.41. The monoisotopic (exact) mass is 355 g/mol. The van der Waals surface area contributed by atoms with E-state index in [1.807, 2.05) is 47.8 Å². The fourth-order valence-corrected chi connectivity index (χ4v) is 3.45. The lowest BCUT2D eigenvalue weighted by Gasteiger charge is -2.09. The van der Waals surface area contributed by atoms with Crippen LogP contribution in [-0.2, 0) is 16.1 Å². The third-order valence-electron chi connectivity index (χ3n) is 4.07. The van der Waals surface area contributed by atoms with Crippen LogP contribution < -0.4 is 10.9 Å². The zero-order chi connectivity index (χ0) is 17.1. The largest absolute Gasteiger partial charge is 0.458 e. The van der Waals surface area contributed by atoms with Gasteiger partial charge in [0.2, 0.25) is 0 Å². The molecule has 2 aromatic heterocycles. The van der Waals surface area contributed by atoms with E-state index >= 15 is 0 Å². The molecule has 4 rings (SSSR count). The Bertz CT molecular complexity index is 832. The Morgan fingerprint density at radius 3 is 2.92 bits per heavy atom. The van der Waals surface area contributed by atoms with Gasteiger partial charge in [0.1, 0.15) is 18.3 Å². The third-order valence-corrected chi connectivity index (χ3v) is 4.96. The molecule has 7 heteroatoms. The molecular formula is C18H17N3O3S. The van der Waals surface area contributed by atoms with Gasteiger partial charge in [0.05, 0.1) is 4.88 Å². The number of esters is 1. The van der Waals surface area contributed by atoms with Crippen molar-refractivity contribution in [2.75, 3.05) is 0 Å². The standard InChI is InChI=1S/C18H17N3O3S/c22-18(15-10-14(19-20-15)12-5-2-1-3-6-12)23-11-13-9-16(24-21-13)17-7-4-8-25-17/h1-9,14-15,19-20H,10-11H2. The van der Waals surface area contributed by atoms with Crippen molar-refractivity contribution in [2.45, 2.75) is 25.1 Å². The maximum atomic E-state index is 12.2. The zero-order valence-corrected chi connectivity index (χ0v) is 14.2. The summed E-state index contributed by atoms with van der Waals surface area (Å²) in [5, 5.41) is 5.92. The first kappa shape index (κ1) is 16.0. The number of ether oxygens (including phenoxy) is 1. The minimum atomic E-state index is -0.381. The fraction of sp³-hybridized carbons (Fsp3) is 0.222. The summed E-state index contributed by atoms with van der Waals surface area (Å²) in [5.74, 6) is 0.387. The highest BCUT2D eigenvalue weighted by Gasteiger charge is 2.31. The predicted octanol–water partition coefficient (Wildman–Crippen LogP) is 3.05. The van der Waals surface area contributed by atoms with E-state index in [9.17, 15) is 4.79 Å². The van der Waals surface area contributed by atoms with Crippen molar-refractivity contribution in [3.05, 3.63) is 65.2 Å². The first-order chi connectivity index (χ1) is 12.3. The highest BCUT2D eigenvalue weighted by atomic mass is 32.1. The van der Waals surface area contributed by atoms with E-state index in [2.05, 4.69) is 16.0 Å². The fourth-order valence-electron chi connectivity index (χ4n) is 2.78. The lowest BCUT2D eigenvalue weighted by molar-refractivity contribution is -0.147. The Morgan fingerprint density at radius 1 is 1.24 bits per heavy atom. The van der Waals surface area contributed by atoms with Gasteiger partial charge in [0.15, 0.2) is 5.76 Å². The van der Waals surface area contributed by atoms with Crippen LogP contribution >= 0.6 is 11.3 Å². The van der Waals surface area contributed by atoms with Gasteiger partial charge in [-0.3, -0.25) is 4.79 Å². The molecule has 2 atom stereocenters. The molecule has 25 heavy (non-hydrogen) atoms. The molecular weight excluding hydrogens is 338 g/mol. The molecule has 2 unspecified atom stereocenters. The Hall–Kier alpha value is -2.48. The smallest absolute Gasteiger partial charge is 0.324 e. The van der Waals surface area contributed by atoms with Crippen molar-refractivity contribution >= 4 is 17.3 Å². The van der Waals surface area contributed by atoms with E-state index in [1.54, 1.807) is 17.4 Å². The van der Waals surface area contributed by atoms with Crippen molar-refractivity contribution in [1.29, 1.82) is 0 Å². The summed E-state index contributed by atoms with van der Waals surface area (Å²) in [6.07, 6.45) is 0.641. The number of aromatic nitrogens is 1. The number of nitrogens with one attached hydrogen (secondary N) is 2. The number of carbonyl (C=O) groups excluding carboxylic acids is 1. The maximum absolute atomic E-state index is 12.2. The summed E-state index contributed by atoms with van der Waals surface area (Å²) in [4.78, 5) is 13.2. The Labute approximate surface area is 148 Å². The lowest BCUT2D eigenvalue weighted by Crippen LogP contribution is -2.37. The van der Waals surface area contributed by atoms with Crippen LogP contribution in [0, 0.1) is 0 Å². The van der Waals surface area contributed by atoms with E-state index < -0.39 is 0 Å². The summed E-state index contributed by atoms with van der Waals surface area (Å²) in [6, 6.07) is 15.4. The van der Waals surface area contributed by atoms with Crippen molar-refractivity contribution in [3.8, 4) is 10.6 Å². The van der Waals surface area contributed by atoms with Crippen molar-refractivity contribution in [3.63, 3.8) is 0 Å². The third kappa shape index (κ3) is 3.63. The van der Waals surface area contributed by atoms with Gasteiger partial charge in [-0.2, -0.15) is 0 Å². The molecule has 1 aromatic carbocycles. The number of thiophene rings is 1. The Balaban J connectivity index is 1.31. The van der Waals surface area contributed by atoms with Gasteiger partial charge < -0.3 is 9.26 Å². The van der Waals surface area contributed by atoms with Gasteiger partial charge in [0.25, 0.3) is 0 Å². The molecule has 1 saturated heterocycles. The normalized spacial score (nSPS) is 19.8. The van der Waals surface area contributed by atoms with Crippen LogP contribution in [0.2, 0.25) is 0 Å². The summed E-state index contributed by atoms with van der Waals surface area (Å²) in [6.45, 7) is 0.0991. The van der Waals surface area contributed by atoms with E-state index in [-0.39, 0.29) is 24.7 Å². The lowest BCUT2D eigenvalue weighted by atomic mass is 10.0. The molecule has 1 aliphatic heterocycles. The van der Waals surface area contributed by atoms with E-state index in [1.165, 1.54) is 0 Å². The molecule has 6 nitrogen and oxygen atoms in total. The zero-order valence-electron chi connectivity index (χ0n) is 13.3. The first-order valence-corrected chi connectivity index (χ1v) is 8.89. The Kier molecular flexibility index (Phi) is 4.60. The van der Waals surface area contributed by atoms with Crippen LogP contribution in [0.4, 0.5) is 0 Å². The van der Waals surface area contributed by atoms with Crippen LogP contribution in [0.15, 0.2) is 58.4 Å². The topological polar surface area (TPSA) is 76.4 Å². The van der Waals surface area contributed by atoms with Gasteiger partial charge in [0, 0.05) is 12.1 Å². The van der Waals surface area contributed by atoms with Crippen LogP contribution in [0.3, 0.4) is 0 Å². The van der Waals surface area contributed by atoms with Crippen LogP contribution in [0.1, 0.15) is 23.7 Å². The SMILES string of the molecule is O=C(OCc1cc(-c2cccs2)on1)C1CC(c2ccccc2)NN1. The maximum Gasteiger partial charge on any atom is 0.324 e. The molecule has 0 aliphatic carbocycles. The number of benzene rings is 1. The number of carbonyl (C=O) groups is 1. The molecule has 0 bridgehead atoms. The number of hydrogen-bond donors (Lipinski definition) is 2. The first-order valence-electron chi connectivity index (χ1n) is 8.02. The number of nitrogens with zero attached hydrogens (tertiary/aromatic N) is 1. The number of hydrogen-bond acceptors (Lipinski definition) is 7. The molecule has 0 spiro atoms. The second-order valence-corrected chi connectivity index (χ2v) is 6.76. The van der Waals surface area contributed by atoms with Gasteiger partial charge >= 0.3 is 5.97 Å². The molecule has 1 fully saturated rings. The summed E-state index contributed by atoms with van der Waals surface area (Å²) in [7, 11) is 0. The van der Waals surface area contributed by atoms with Crippen molar-refractivity contribution in [1.82, 2.24) is 16.0 Å². The summed E-state index contributed by atoms with van der Waals surface area (Å²) >= 11 is 1.57. The Morgan fingerprint density at radius 2 is 2.12 bits per heavy atom. The molecule has 0 radical (unpaired) electrons. The summed E-state index contributed by atoms with van der Waals surface area (Å²) < 4.78 is 10.6. The van der Waals surface area contributed by atoms with Gasteiger partial charge in [-0.1, -0.05) is 41.6 Å². The second kappa shape index (κ2) is 7.18. The molecule has 128 valence electrons. The highest BCUT2D eigenvalue weighted by Crippen LogP contribution is 2.26. The molecule has 0 amide bonds. The molecule has 3 heterocycles. The molecule has 1 aliphatic rings. The van der Waals surface area contributed by atoms with Gasteiger partial charge in [-0.15, -0.1) is 11.3 Å². The minimum Gasteiger partial charge on any atom is -0.458 e. The average molecular weight is 355 g/mol. The van der Waals surface area contributed by atoms with E-state index in [4.69, 9.17) is 9.26 Å². The van der Waals surface area contributed by atoms with E-state index in [0.29, 0.717) is 17.9 Å². The minimum absolute atomic E-state index is 0.0937. The van der Waals surface area contributed by atoms with Crippen molar-refractivity contribution < 1.29 is 14.1 Å². The number of rotatable bonds is 5. The van der Waals surface area contributed by atoms with Crippen LogP contribution in [0.25, 0.3) is 10.6 Å². The highest BCUT2D eigenvalue weighted by molar-refractivity contribution is 7.13. The van der Waals surface area contributed by atoms with Crippen LogP contribution in [-0.4, -0.2) is 17.2 Å². The molecule has 2 N–H and O–H groups in total. The van der Waals surface area contributed by atoms with Gasteiger partial charge in [-0.05, 0) is 23.4 Å². The van der Waals surface area contributed by atoms with Crippen LogP contribution in [0.5, 0.6) is 0 Å². The summed E-state index contributed by atoms with van der Waals surface area (Å²) in [5.41, 5.74) is 7.88. The predicted molar refractivity (Wildman–Crippen MR) is 93.5 cm³/mol. The second-order valence-electron chi connectivity index (χ2n) is 5.81. The quantitative estimate of drug-likeness (QED) is 0.685. The van der Waals surface area contributed by atoms with Crippen molar-refractivity contribution in [2.24, 2.45) is 0 Å². The van der Waals surface area contributed by atoms with Gasteiger partial charge in [-0.25, -0.2) is 10.9 Å². The number of hydrazine groups is 1. The molecule has 3 aromatic rings.